The number of benzene rings is 1. The molecule has 1 aliphatic heterocycles. The third-order valence-corrected chi connectivity index (χ3v) is 8.65. The van der Waals surface area contributed by atoms with Crippen molar-refractivity contribution < 1.29 is 30.8 Å². The van der Waals surface area contributed by atoms with Crippen molar-refractivity contribution in [3.8, 4) is 0 Å². The van der Waals surface area contributed by atoms with Gasteiger partial charge in [-0.15, -0.1) is 0 Å². The minimum Gasteiger partial charge on any atom is -0.350 e. The van der Waals surface area contributed by atoms with Gasteiger partial charge in [-0.1, -0.05) is 0 Å². The SMILES string of the molecule is Cn1cnc(S(=O)(=O)N2CCN(C3(CNC(=O)c4ccc(F)cc4F)CCC(F)(F)CC3)CC2)c1. The van der Waals surface area contributed by atoms with E-state index in [4.69, 9.17) is 0 Å². The molecule has 0 spiro atoms. The second-order valence-electron chi connectivity index (χ2n) is 9.16. The molecule has 2 aliphatic rings. The fourth-order valence-electron chi connectivity index (χ4n) is 4.76. The Morgan fingerprint density at radius 3 is 2.31 bits per heavy atom. The van der Waals surface area contributed by atoms with E-state index in [1.54, 1.807) is 7.05 Å². The van der Waals surface area contributed by atoms with Gasteiger partial charge in [0.05, 0.1) is 11.9 Å². The second-order valence-corrected chi connectivity index (χ2v) is 11.0. The van der Waals surface area contributed by atoms with Gasteiger partial charge in [-0.25, -0.2) is 31.0 Å². The van der Waals surface area contributed by atoms with E-state index in [-0.39, 0.29) is 69.0 Å². The Balaban J connectivity index is 1.47. The number of nitrogens with zero attached hydrogens (tertiary/aromatic N) is 4. The van der Waals surface area contributed by atoms with E-state index < -0.39 is 39.0 Å². The van der Waals surface area contributed by atoms with E-state index in [2.05, 4.69) is 10.3 Å². The molecular weight excluding hydrogens is 490 g/mol. The first-order valence-corrected chi connectivity index (χ1v) is 12.7. The van der Waals surface area contributed by atoms with Gasteiger partial charge in [0.1, 0.15) is 11.6 Å². The van der Waals surface area contributed by atoms with Crippen LogP contribution in [0.3, 0.4) is 0 Å². The van der Waals surface area contributed by atoms with Gasteiger partial charge in [-0.05, 0) is 25.0 Å². The summed E-state index contributed by atoms with van der Waals surface area (Å²) in [6, 6.07) is 2.60. The van der Waals surface area contributed by atoms with E-state index in [1.807, 2.05) is 4.90 Å². The van der Waals surface area contributed by atoms with Crippen LogP contribution in [0.25, 0.3) is 0 Å². The molecule has 2 aromatic rings. The summed E-state index contributed by atoms with van der Waals surface area (Å²) < 4.78 is 83.8. The number of halogens is 4. The van der Waals surface area contributed by atoms with Gasteiger partial charge < -0.3 is 9.88 Å². The lowest BCUT2D eigenvalue weighted by Gasteiger charge is -2.50. The van der Waals surface area contributed by atoms with E-state index in [9.17, 15) is 30.8 Å². The Kier molecular flexibility index (Phi) is 6.95. The minimum absolute atomic E-state index is 0.0221. The molecule has 1 aliphatic carbocycles. The maximum Gasteiger partial charge on any atom is 0.262 e. The fraction of sp³-hybridized carbons (Fsp3) is 0.545. The molecule has 8 nitrogen and oxygen atoms in total. The molecule has 0 unspecified atom stereocenters. The third kappa shape index (κ3) is 5.36. The lowest BCUT2D eigenvalue weighted by molar-refractivity contribution is -0.0856. The molecule has 1 N–H and O–H groups in total. The summed E-state index contributed by atoms with van der Waals surface area (Å²) in [6.45, 7) is 0.803. The predicted molar refractivity (Wildman–Crippen MR) is 118 cm³/mol. The molecule has 13 heteroatoms. The molecule has 1 saturated heterocycles. The molecule has 1 aromatic carbocycles. The zero-order valence-corrected chi connectivity index (χ0v) is 20.0. The molecule has 35 heavy (non-hydrogen) atoms. The van der Waals surface area contributed by atoms with E-state index in [0.29, 0.717) is 6.07 Å². The Bertz CT molecular complexity index is 1190. The molecule has 1 saturated carbocycles. The Morgan fingerprint density at radius 1 is 1.09 bits per heavy atom. The van der Waals surface area contributed by atoms with Crippen molar-refractivity contribution in [1.29, 1.82) is 0 Å². The number of alkyl halides is 2. The van der Waals surface area contributed by atoms with Crippen LogP contribution in [0, 0.1) is 11.6 Å². The summed E-state index contributed by atoms with van der Waals surface area (Å²) in [7, 11) is -2.13. The normalized spacial score (nSPS) is 21.1. The summed E-state index contributed by atoms with van der Waals surface area (Å²) in [5, 5.41) is 2.57. The highest BCUT2D eigenvalue weighted by molar-refractivity contribution is 7.89. The van der Waals surface area contributed by atoms with Gasteiger partial charge in [-0.2, -0.15) is 4.31 Å². The van der Waals surface area contributed by atoms with Gasteiger partial charge in [0, 0.05) is 70.4 Å². The summed E-state index contributed by atoms with van der Waals surface area (Å²) in [6.07, 6.45) is 2.22. The summed E-state index contributed by atoms with van der Waals surface area (Å²) >= 11 is 0. The van der Waals surface area contributed by atoms with Crippen LogP contribution in [0.2, 0.25) is 0 Å². The van der Waals surface area contributed by atoms with Crippen molar-refractivity contribution in [1.82, 2.24) is 24.1 Å². The number of piperazine rings is 1. The summed E-state index contributed by atoms with van der Waals surface area (Å²) in [5.74, 6) is -5.42. The number of hydrogen-bond donors (Lipinski definition) is 1. The van der Waals surface area contributed by atoms with Crippen LogP contribution in [0.4, 0.5) is 17.6 Å². The maximum absolute atomic E-state index is 14.0. The van der Waals surface area contributed by atoms with Gasteiger partial charge in [0.15, 0.2) is 5.03 Å². The zero-order valence-electron chi connectivity index (χ0n) is 19.2. The Morgan fingerprint density at radius 2 is 1.74 bits per heavy atom. The van der Waals surface area contributed by atoms with Gasteiger partial charge in [0.2, 0.25) is 5.92 Å². The van der Waals surface area contributed by atoms with Crippen molar-refractivity contribution in [3.05, 3.63) is 47.9 Å². The maximum atomic E-state index is 14.0. The number of nitrogens with one attached hydrogen (secondary N) is 1. The van der Waals surface area contributed by atoms with Crippen molar-refractivity contribution in [2.45, 2.75) is 42.2 Å². The molecule has 1 aromatic heterocycles. The van der Waals surface area contributed by atoms with Gasteiger partial charge in [-0.3, -0.25) is 9.69 Å². The van der Waals surface area contributed by atoms with Crippen molar-refractivity contribution in [2.24, 2.45) is 7.05 Å². The minimum atomic E-state index is -3.79. The average Bonchev–Trinajstić information content (AvgIpc) is 3.26. The highest BCUT2D eigenvalue weighted by Crippen LogP contribution is 2.42. The van der Waals surface area contributed by atoms with Crippen molar-refractivity contribution in [3.63, 3.8) is 0 Å². The third-order valence-electron chi connectivity index (χ3n) is 6.86. The van der Waals surface area contributed by atoms with Crippen LogP contribution in [0.5, 0.6) is 0 Å². The lowest BCUT2D eigenvalue weighted by atomic mass is 9.78. The van der Waals surface area contributed by atoms with Crippen LogP contribution < -0.4 is 5.32 Å². The number of carbonyl (C=O) groups is 1. The highest BCUT2D eigenvalue weighted by Gasteiger charge is 2.48. The van der Waals surface area contributed by atoms with Gasteiger partial charge >= 0.3 is 0 Å². The average molecular weight is 518 g/mol. The summed E-state index contributed by atoms with van der Waals surface area (Å²) in [4.78, 5) is 18.4. The number of carbonyl (C=O) groups excluding carboxylic acids is 1. The van der Waals surface area contributed by atoms with Crippen LogP contribution >= 0.6 is 0 Å². The van der Waals surface area contributed by atoms with Crippen LogP contribution in [-0.2, 0) is 17.1 Å². The van der Waals surface area contributed by atoms with Crippen molar-refractivity contribution >= 4 is 15.9 Å². The predicted octanol–water partition coefficient (Wildman–Crippen LogP) is 2.38. The molecular formula is C22H27F4N5O3S. The number of aromatic nitrogens is 2. The highest BCUT2D eigenvalue weighted by atomic mass is 32.2. The number of rotatable bonds is 6. The second kappa shape index (κ2) is 9.51. The lowest BCUT2D eigenvalue weighted by Crippen LogP contribution is -2.63. The molecule has 0 bridgehead atoms. The number of imidazole rings is 1. The number of sulfonamides is 1. The molecule has 192 valence electrons. The smallest absolute Gasteiger partial charge is 0.262 e. The van der Waals surface area contributed by atoms with Crippen molar-refractivity contribution in [2.75, 3.05) is 32.7 Å². The first kappa shape index (κ1) is 25.6. The molecule has 2 fully saturated rings. The molecule has 0 radical (unpaired) electrons. The van der Waals surface area contributed by atoms with Crippen LogP contribution in [0.15, 0.2) is 35.7 Å². The van der Waals surface area contributed by atoms with Crippen LogP contribution in [0.1, 0.15) is 36.0 Å². The number of hydrogen-bond acceptors (Lipinski definition) is 5. The zero-order chi connectivity index (χ0) is 25.4. The summed E-state index contributed by atoms with van der Waals surface area (Å²) in [5.41, 5.74) is -1.18. The topological polar surface area (TPSA) is 87.5 Å². The monoisotopic (exact) mass is 517 g/mol. The van der Waals surface area contributed by atoms with Gasteiger partial charge in [0.25, 0.3) is 15.9 Å². The standard InChI is InChI=1S/C22H27F4N5O3S/c1-29-13-19(28-15-29)35(33,34)31-10-8-30(9-11-31)21(4-6-22(25,26)7-5-21)14-27-20(32)17-3-2-16(23)12-18(17)24/h2-3,12-13,15H,4-11,14H2,1H3,(H,27,32). The molecule has 0 atom stereocenters. The van der Waals surface area contributed by atoms with Crippen LogP contribution in [-0.4, -0.2) is 77.3 Å². The van der Waals surface area contributed by atoms with E-state index in [0.717, 1.165) is 12.1 Å². The first-order valence-electron chi connectivity index (χ1n) is 11.3. The Labute approximate surface area is 201 Å². The quantitative estimate of drug-likeness (QED) is 0.595. The fourth-order valence-corrected chi connectivity index (χ4v) is 6.15. The van der Waals surface area contributed by atoms with E-state index >= 15 is 0 Å². The molecule has 4 rings (SSSR count). The number of amides is 1. The molecule has 1 amide bonds. The van der Waals surface area contributed by atoms with E-state index in [1.165, 1.54) is 21.4 Å². The molecule has 2 heterocycles. The largest absolute Gasteiger partial charge is 0.350 e. The Hall–Kier alpha value is -2.51. The first-order chi connectivity index (χ1) is 16.4. The number of aryl methyl sites for hydroxylation is 1.